The fraction of sp³-hybridized carbons (Fsp3) is 0.154. The quantitative estimate of drug-likeness (QED) is 0.287. The first-order valence-corrected chi connectivity index (χ1v) is 10.8. The Balaban J connectivity index is 1.53. The number of fused-ring (bicyclic) bond motifs is 1. The van der Waals surface area contributed by atoms with Crippen LogP contribution >= 0.6 is 0 Å². The molecule has 0 spiro atoms. The van der Waals surface area contributed by atoms with E-state index in [2.05, 4.69) is 40.0 Å². The lowest BCUT2D eigenvalue weighted by molar-refractivity contribution is -0.125. The number of benzene rings is 1. The van der Waals surface area contributed by atoms with Crippen molar-refractivity contribution in [3.8, 4) is 11.6 Å². The lowest BCUT2D eigenvalue weighted by Gasteiger charge is -2.15. The average Bonchev–Trinajstić information content (AvgIpc) is 3.32. The third kappa shape index (κ3) is 5.29. The van der Waals surface area contributed by atoms with Gasteiger partial charge in [-0.2, -0.15) is 0 Å². The number of amides is 1. The first-order valence-electron chi connectivity index (χ1n) is 10.8. The van der Waals surface area contributed by atoms with Crippen LogP contribution in [0.2, 0.25) is 0 Å². The Bertz CT molecular complexity index is 1270. The Morgan fingerprint density at radius 3 is 2.82 bits per heavy atom. The normalized spacial score (nSPS) is 15.6. The number of rotatable bonds is 9. The zero-order valence-electron chi connectivity index (χ0n) is 18.7. The van der Waals surface area contributed by atoms with Crippen molar-refractivity contribution in [3.05, 3.63) is 92.5 Å². The molecule has 1 aliphatic heterocycles. The van der Waals surface area contributed by atoms with E-state index in [0.717, 1.165) is 12.1 Å². The summed E-state index contributed by atoms with van der Waals surface area (Å²) in [6.07, 6.45) is 8.38. The van der Waals surface area contributed by atoms with Gasteiger partial charge in [-0.1, -0.05) is 31.9 Å². The highest BCUT2D eigenvalue weighted by Gasteiger charge is 2.26. The minimum absolute atomic E-state index is 0.0936. The number of hydrogen-bond donors (Lipinski definition) is 1. The molecule has 3 heterocycles. The largest absolute Gasteiger partial charge is 0.472 e. The molecule has 0 aliphatic carbocycles. The molecule has 0 radical (unpaired) electrons. The highest BCUT2D eigenvalue weighted by Crippen LogP contribution is 2.27. The van der Waals surface area contributed by atoms with E-state index in [-0.39, 0.29) is 12.0 Å². The van der Waals surface area contributed by atoms with Crippen LogP contribution in [0.25, 0.3) is 11.0 Å². The maximum atomic E-state index is 11.8. The molecule has 1 fully saturated rings. The number of allylic oxidation sites excluding steroid dienone is 3. The van der Waals surface area contributed by atoms with Gasteiger partial charge in [-0.25, -0.2) is 15.0 Å². The minimum atomic E-state index is -0.133. The SMILES string of the molecule is C=C/C=C(\C=C)Oc1cccc(Nc2ncnc3ccc(OC4CCN(C(=O)C=C)C4)nc23)c1. The fourth-order valence-corrected chi connectivity index (χ4v) is 3.57. The molecule has 0 saturated carbocycles. The Kier molecular flexibility index (Phi) is 6.98. The number of aromatic nitrogens is 3. The number of carbonyl (C=O) groups is 1. The molecule has 34 heavy (non-hydrogen) atoms. The molecule has 1 atom stereocenters. The van der Waals surface area contributed by atoms with E-state index in [4.69, 9.17) is 9.47 Å². The van der Waals surface area contributed by atoms with Crippen LogP contribution < -0.4 is 14.8 Å². The molecule has 8 heteroatoms. The molecule has 8 nitrogen and oxygen atoms in total. The Morgan fingerprint density at radius 1 is 1.15 bits per heavy atom. The van der Waals surface area contributed by atoms with E-state index >= 15 is 0 Å². The predicted molar refractivity (Wildman–Crippen MR) is 132 cm³/mol. The van der Waals surface area contributed by atoms with Crippen LogP contribution in [0.4, 0.5) is 11.5 Å². The summed E-state index contributed by atoms with van der Waals surface area (Å²) in [4.78, 5) is 26.9. The van der Waals surface area contributed by atoms with E-state index in [1.54, 1.807) is 29.2 Å². The Labute approximate surface area is 198 Å². The van der Waals surface area contributed by atoms with Crippen LogP contribution in [-0.2, 0) is 4.79 Å². The predicted octanol–water partition coefficient (Wildman–Crippen LogP) is 4.57. The second kappa shape index (κ2) is 10.4. The maximum absolute atomic E-state index is 11.8. The van der Waals surface area contributed by atoms with Crippen molar-refractivity contribution in [1.82, 2.24) is 19.9 Å². The van der Waals surface area contributed by atoms with Crippen molar-refractivity contribution in [2.75, 3.05) is 18.4 Å². The fourth-order valence-electron chi connectivity index (χ4n) is 3.57. The Hall–Kier alpha value is -4.46. The standard InChI is InChI=1S/C26H25N5O3/c1-4-8-19(5-2)33-20-10-7-9-18(15-20)29-26-25-22(27-17-28-26)11-12-23(30-25)34-21-13-14-31(16-21)24(32)6-3/h4-12,15,17,21H,1-3,13-14,16H2,(H,27,28,29)/b19-8+. The van der Waals surface area contributed by atoms with E-state index in [1.165, 1.54) is 12.4 Å². The molecule has 2 aromatic heterocycles. The highest BCUT2D eigenvalue weighted by atomic mass is 16.5. The second-order valence-corrected chi connectivity index (χ2v) is 7.52. The lowest BCUT2D eigenvalue weighted by Crippen LogP contribution is -2.29. The summed E-state index contributed by atoms with van der Waals surface area (Å²) in [7, 11) is 0. The third-order valence-corrected chi connectivity index (χ3v) is 5.19. The third-order valence-electron chi connectivity index (χ3n) is 5.19. The first-order chi connectivity index (χ1) is 16.6. The molecule has 3 aromatic rings. The van der Waals surface area contributed by atoms with E-state index in [9.17, 15) is 4.79 Å². The monoisotopic (exact) mass is 455 g/mol. The first kappa shape index (κ1) is 22.7. The summed E-state index contributed by atoms with van der Waals surface area (Å²) >= 11 is 0. The number of pyridine rings is 1. The molecule has 1 aliphatic rings. The summed E-state index contributed by atoms with van der Waals surface area (Å²) in [6.45, 7) is 12.1. The zero-order valence-corrected chi connectivity index (χ0v) is 18.7. The van der Waals surface area contributed by atoms with Crippen molar-refractivity contribution in [3.63, 3.8) is 0 Å². The summed E-state index contributed by atoms with van der Waals surface area (Å²) in [5.74, 6) is 2.11. The number of hydrogen-bond acceptors (Lipinski definition) is 7. The van der Waals surface area contributed by atoms with Gasteiger partial charge in [0.05, 0.1) is 12.1 Å². The molecular weight excluding hydrogens is 430 g/mol. The van der Waals surface area contributed by atoms with Gasteiger partial charge in [0.25, 0.3) is 0 Å². The summed E-state index contributed by atoms with van der Waals surface area (Å²) in [5.41, 5.74) is 2.01. The van der Waals surface area contributed by atoms with E-state index in [0.29, 0.717) is 47.3 Å². The van der Waals surface area contributed by atoms with Gasteiger partial charge in [0, 0.05) is 30.8 Å². The van der Waals surface area contributed by atoms with Gasteiger partial charge >= 0.3 is 0 Å². The van der Waals surface area contributed by atoms with Gasteiger partial charge in [0.1, 0.15) is 29.5 Å². The number of carbonyl (C=O) groups excluding carboxylic acids is 1. The highest BCUT2D eigenvalue weighted by molar-refractivity contribution is 5.88. The molecule has 1 aromatic carbocycles. The average molecular weight is 456 g/mol. The smallest absolute Gasteiger partial charge is 0.246 e. The van der Waals surface area contributed by atoms with Crippen LogP contribution in [0.15, 0.2) is 92.5 Å². The minimum Gasteiger partial charge on any atom is -0.472 e. The lowest BCUT2D eigenvalue weighted by atomic mass is 10.2. The van der Waals surface area contributed by atoms with Gasteiger partial charge in [-0.05, 0) is 36.4 Å². The van der Waals surface area contributed by atoms with Gasteiger partial charge in [-0.3, -0.25) is 4.79 Å². The number of nitrogens with zero attached hydrogens (tertiary/aromatic N) is 4. The van der Waals surface area contributed by atoms with E-state index in [1.807, 2.05) is 30.3 Å². The summed E-state index contributed by atoms with van der Waals surface area (Å²) in [6, 6.07) is 11.1. The van der Waals surface area contributed by atoms with Gasteiger partial charge in [-0.15, -0.1) is 0 Å². The van der Waals surface area contributed by atoms with Crippen molar-refractivity contribution in [2.45, 2.75) is 12.5 Å². The molecule has 0 bridgehead atoms. The molecule has 1 N–H and O–H groups in total. The number of likely N-dealkylation sites (tertiary alicyclic amines) is 1. The number of nitrogens with one attached hydrogen (secondary N) is 1. The second-order valence-electron chi connectivity index (χ2n) is 7.52. The van der Waals surface area contributed by atoms with Crippen LogP contribution in [0.3, 0.4) is 0 Å². The van der Waals surface area contributed by atoms with Crippen LogP contribution in [0, 0.1) is 0 Å². The molecule has 1 unspecified atom stereocenters. The van der Waals surface area contributed by atoms with Crippen molar-refractivity contribution < 1.29 is 14.3 Å². The topological polar surface area (TPSA) is 89.5 Å². The van der Waals surface area contributed by atoms with Crippen molar-refractivity contribution in [1.29, 1.82) is 0 Å². The summed E-state index contributed by atoms with van der Waals surface area (Å²) in [5, 5.41) is 3.28. The number of ether oxygens (including phenoxy) is 2. The van der Waals surface area contributed by atoms with Gasteiger partial charge in [0.2, 0.25) is 11.8 Å². The number of anilines is 2. The van der Waals surface area contributed by atoms with Crippen LogP contribution in [0.1, 0.15) is 6.42 Å². The van der Waals surface area contributed by atoms with Crippen molar-refractivity contribution >= 4 is 28.4 Å². The van der Waals surface area contributed by atoms with Gasteiger partial charge < -0.3 is 19.7 Å². The molecule has 4 rings (SSSR count). The zero-order chi connectivity index (χ0) is 23.9. The van der Waals surface area contributed by atoms with Crippen LogP contribution in [-0.4, -0.2) is 45.0 Å². The van der Waals surface area contributed by atoms with Gasteiger partial charge in [0.15, 0.2) is 5.82 Å². The molecular formula is C26H25N5O3. The molecule has 1 amide bonds. The Morgan fingerprint density at radius 2 is 2.03 bits per heavy atom. The molecule has 1 saturated heterocycles. The molecule has 172 valence electrons. The van der Waals surface area contributed by atoms with Crippen LogP contribution in [0.5, 0.6) is 11.6 Å². The summed E-state index contributed by atoms with van der Waals surface area (Å²) < 4.78 is 11.9. The maximum Gasteiger partial charge on any atom is 0.246 e. The van der Waals surface area contributed by atoms with Crippen molar-refractivity contribution in [2.24, 2.45) is 0 Å². The van der Waals surface area contributed by atoms with E-state index < -0.39 is 0 Å².